The van der Waals surface area contributed by atoms with Gasteiger partial charge in [0.2, 0.25) is 0 Å². The van der Waals surface area contributed by atoms with Crippen molar-refractivity contribution >= 4 is 0 Å². The monoisotopic (exact) mass is 1250 g/mol. The molecule has 0 saturated heterocycles. The van der Waals surface area contributed by atoms with Gasteiger partial charge in [-0.2, -0.15) is 215 Å². The minimum atomic E-state index is -10.9. The minimum absolute atomic E-state index is 1.39. The van der Waals surface area contributed by atoms with Crippen LogP contribution in [-0.2, 0) is 0 Å². The minimum Gasteiger partial charge on any atom is -0.195 e. The zero-order chi connectivity index (χ0) is 62.7. The third kappa shape index (κ3) is 7.71. The lowest BCUT2D eigenvalue weighted by Crippen LogP contribution is -2.81. The molecule has 0 fully saturated rings. The van der Waals surface area contributed by atoms with Gasteiger partial charge >= 0.3 is 142 Å². The summed E-state index contributed by atoms with van der Waals surface area (Å²) >= 11 is 0. The van der Waals surface area contributed by atoms with Gasteiger partial charge in [-0.1, -0.05) is 6.58 Å². The van der Waals surface area contributed by atoms with Crippen LogP contribution >= 0.6 is 0 Å². The summed E-state index contributed by atoms with van der Waals surface area (Å²) in [5, 5.41) is 0. The van der Waals surface area contributed by atoms with E-state index in [1.165, 1.54) is 6.58 Å². The van der Waals surface area contributed by atoms with Crippen molar-refractivity contribution < 1.29 is 215 Å². The first-order valence-electron chi connectivity index (χ1n) is 15.7. The Kier molecular flexibility index (Phi) is 16.1. The van der Waals surface area contributed by atoms with Gasteiger partial charge in [-0.25, -0.2) is 0 Å². The van der Waals surface area contributed by atoms with Gasteiger partial charge in [-0.05, 0) is 6.08 Å². The molecule has 49 heteroatoms. The molecule has 0 aromatic rings. The van der Waals surface area contributed by atoms with Crippen molar-refractivity contribution in [1.82, 2.24) is 0 Å². The Morgan fingerprint density at radius 3 is 0.293 bits per heavy atom. The number of hydrogen-bond donors (Lipinski definition) is 0. The number of halogens is 49. The molecule has 0 unspecified atom stereocenters. The first-order valence-corrected chi connectivity index (χ1v) is 15.7. The number of allylic oxidation sites excluding steroid dienone is 1. The van der Waals surface area contributed by atoms with Gasteiger partial charge in [-0.15, -0.1) is 0 Å². The summed E-state index contributed by atoms with van der Waals surface area (Å²) in [4.78, 5) is 0. The summed E-state index contributed by atoms with van der Waals surface area (Å²) in [5.41, 5.74) is 0. The fourth-order valence-electron chi connectivity index (χ4n) is 4.46. The molecule has 0 heterocycles. The lowest BCUT2D eigenvalue weighted by Gasteiger charge is -2.48. The molecule has 0 spiro atoms. The molecule has 0 N–H and O–H groups in total. The molecule has 0 aromatic carbocycles. The average molecular weight is 1250 g/mol. The molecule has 0 amide bonds. The predicted molar refractivity (Wildman–Crippen MR) is 130 cm³/mol. The molecule has 0 rings (SSSR count). The van der Waals surface area contributed by atoms with Gasteiger partial charge in [0.25, 0.3) is 0 Å². The molecule has 0 aliphatic carbocycles. The molecule has 0 saturated carbocycles. The molecule has 0 aromatic heterocycles. The van der Waals surface area contributed by atoms with Gasteiger partial charge in [0.05, 0.1) is 0 Å². The van der Waals surface area contributed by atoms with Crippen molar-refractivity contribution in [2.45, 2.75) is 142 Å². The van der Waals surface area contributed by atoms with E-state index in [1.54, 1.807) is 0 Å². The fourth-order valence-corrected chi connectivity index (χ4v) is 4.46. The predicted octanol–water partition coefficient (Wildman–Crippen LogP) is 16.3. The Bertz CT molecular complexity index is 2080. The lowest BCUT2D eigenvalue weighted by atomic mass is 9.81. The SMILES string of the molecule is C=CC(F)(F)C(F)(F)C(F)(F)C(F)(F)C(F)(F)C(F)(F)C(F)(F)C(F)(F)C(F)(F)C(F)(F)C(F)(F)C(F)(F)C(F)(F)C(F)(F)C(F)(F)C(F)(F)C(F)(F)C(F)(F)C(F)(F)C(F)(F)C(F)(F)C(F)(F)C(F)(F)C(F)(F)F. The Hall–Kier alpha value is -3.69. The molecule has 0 aliphatic heterocycles. The zero-order valence-corrected chi connectivity index (χ0v) is 31.8. The Morgan fingerprint density at radius 1 is 0.133 bits per heavy atom. The molecular formula is C26H3F49. The summed E-state index contributed by atoms with van der Waals surface area (Å²) in [6.45, 7) is 1.39. The van der Waals surface area contributed by atoms with Gasteiger partial charge < -0.3 is 0 Å². The summed E-state index contributed by atoms with van der Waals surface area (Å²) < 4.78 is 671. The van der Waals surface area contributed by atoms with E-state index >= 15 is 0 Å². The van der Waals surface area contributed by atoms with Crippen LogP contribution in [0.15, 0.2) is 12.7 Å². The van der Waals surface area contributed by atoms with E-state index in [2.05, 4.69) is 0 Å². The Labute approximate surface area is 371 Å². The van der Waals surface area contributed by atoms with Crippen molar-refractivity contribution in [1.29, 1.82) is 0 Å². The molecule has 0 nitrogen and oxygen atoms in total. The number of rotatable bonds is 23. The van der Waals surface area contributed by atoms with Crippen molar-refractivity contribution in [2.24, 2.45) is 0 Å². The first-order chi connectivity index (χ1) is 31.3. The van der Waals surface area contributed by atoms with E-state index in [1.807, 2.05) is 0 Å². The van der Waals surface area contributed by atoms with Gasteiger partial charge in [0, 0.05) is 0 Å². The number of hydrogen-bond acceptors (Lipinski definition) is 0. The van der Waals surface area contributed by atoms with E-state index in [9.17, 15) is 215 Å². The third-order valence-corrected chi connectivity index (χ3v) is 9.31. The fraction of sp³-hybridized carbons (Fsp3) is 0.923. The van der Waals surface area contributed by atoms with E-state index in [4.69, 9.17) is 0 Å². The Morgan fingerprint density at radius 2 is 0.213 bits per heavy atom. The van der Waals surface area contributed by atoms with Crippen molar-refractivity contribution in [2.75, 3.05) is 0 Å². The van der Waals surface area contributed by atoms with Crippen LogP contribution in [0.1, 0.15) is 0 Å². The van der Waals surface area contributed by atoms with Crippen LogP contribution in [0.2, 0.25) is 0 Å². The lowest BCUT2D eigenvalue weighted by molar-refractivity contribution is -0.498. The van der Waals surface area contributed by atoms with Crippen LogP contribution in [0.25, 0.3) is 0 Å². The summed E-state index contributed by atoms with van der Waals surface area (Å²) in [6, 6.07) is 0. The highest BCUT2D eigenvalue weighted by atomic mass is 19.4. The van der Waals surface area contributed by atoms with Crippen LogP contribution in [0.3, 0.4) is 0 Å². The van der Waals surface area contributed by atoms with Crippen molar-refractivity contribution in [3.8, 4) is 0 Å². The topological polar surface area (TPSA) is 0 Å². The van der Waals surface area contributed by atoms with Crippen LogP contribution in [0.5, 0.6) is 0 Å². The van der Waals surface area contributed by atoms with Gasteiger partial charge in [0.1, 0.15) is 0 Å². The molecular weight excluding hydrogens is 1240 g/mol. The summed E-state index contributed by atoms with van der Waals surface area (Å²) in [7, 11) is 0. The summed E-state index contributed by atoms with van der Waals surface area (Å²) in [6.07, 6.45) is -10.7. The molecule has 0 atom stereocenters. The van der Waals surface area contributed by atoms with E-state index in [0.717, 1.165) is 0 Å². The Balaban J connectivity index is 8.20. The van der Waals surface area contributed by atoms with Crippen LogP contribution in [-0.4, -0.2) is 142 Å². The van der Waals surface area contributed by atoms with Crippen LogP contribution in [0, 0.1) is 0 Å². The smallest absolute Gasteiger partial charge is 0.195 e. The standard InChI is InChI=1S/C26H3F49/c1-2-3(27,28)4(29,30)5(31,32)6(33,34)7(35,36)8(37,38)9(39,40)10(41,42)11(43,44)12(45,46)13(47,48)14(49,50)15(51,52)16(53,54)17(55,56)18(57,58)19(59,60)20(61,62)21(63,64)22(65,66)23(67,68)24(69,70)25(71,72)26(73,74)75/h2H,1H2. The highest BCUT2D eigenvalue weighted by Gasteiger charge is 3.04. The first kappa shape index (κ1) is 71.3. The highest BCUT2D eigenvalue weighted by molar-refractivity contribution is 5.25. The molecule has 0 aliphatic rings. The normalized spacial score (nSPS) is 17.5. The second-order valence-electron chi connectivity index (χ2n) is 14.0. The number of alkyl halides is 49. The maximum Gasteiger partial charge on any atom is 0.460 e. The van der Waals surface area contributed by atoms with E-state index < -0.39 is 148 Å². The van der Waals surface area contributed by atoms with Crippen LogP contribution in [0.4, 0.5) is 215 Å². The molecule has 0 radical (unpaired) electrons. The van der Waals surface area contributed by atoms with Crippen LogP contribution < -0.4 is 0 Å². The molecule has 0 bridgehead atoms. The zero-order valence-electron chi connectivity index (χ0n) is 31.8. The van der Waals surface area contributed by atoms with Gasteiger partial charge in [0.15, 0.2) is 0 Å². The van der Waals surface area contributed by atoms with E-state index in [0.29, 0.717) is 0 Å². The average Bonchev–Trinajstić information content (AvgIpc) is 3.18. The summed E-state index contributed by atoms with van der Waals surface area (Å²) in [5.74, 6) is -235. The molecule has 450 valence electrons. The van der Waals surface area contributed by atoms with Gasteiger partial charge in [-0.3, -0.25) is 0 Å². The van der Waals surface area contributed by atoms with Crippen molar-refractivity contribution in [3.63, 3.8) is 0 Å². The quantitative estimate of drug-likeness (QED) is 0.0707. The highest BCUT2D eigenvalue weighted by Crippen LogP contribution is 2.72. The molecule has 75 heavy (non-hydrogen) atoms. The van der Waals surface area contributed by atoms with E-state index in [-0.39, 0.29) is 0 Å². The second-order valence-corrected chi connectivity index (χ2v) is 14.0. The maximum absolute atomic E-state index is 14.1. The van der Waals surface area contributed by atoms with Crippen molar-refractivity contribution in [3.05, 3.63) is 12.7 Å². The third-order valence-electron chi connectivity index (χ3n) is 9.31. The maximum atomic E-state index is 14.1. The second kappa shape index (κ2) is 16.9. The largest absolute Gasteiger partial charge is 0.460 e.